The van der Waals surface area contributed by atoms with Crippen molar-refractivity contribution in [3.05, 3.63) is 46.3 Å². The molecule has 1 aromatic carbocycles. The summed E-state index contributed by atoms with van der Waals surface area (Å²) >= 11 is 3.15. The lowest BCUT2D eigenvalue weighted by atomic mass is 10.1. The number of Topliss-reactive ketones (excluding diaryl/α,β-unsaturated/α-hetero) is 1. The van der Waals surface area contributed by atoms with Gasteiger partial charge < -0.3 is 9.64 Å². The average molecular weight is 401 g/mol. The predicted octanol–water partition coefficient (Wildman–Crippen LogP) is 4.56. The van der Waals surface area contributed by atoms with Crippen LogP contribution >= 0.6 is 22.7 Å². The van der Waals surface area contributed by atoms with Gasteiger partial charge in [-0.05, 0) is 43.0 Å². The highest BCUT2D eigenvalue weighted by atomic mass is 32.1. The second-order valence-electron chi connectivity index (χ2n) is 6.61. The number of ketones is 1. The Labute approximate surface area is 165 Å². The third kappa shape index (κ3) is 3.89. The van der Waals surface area contributed by atoms with Crippen molar-refractivity contribution in [2.75, 3.05) is 25.1 Å². The van der Waals surface area contributed by atoms with Crippen molar-refractivity contribution in [2.45, 2.75) is 25.7 Å². The largest absolute Gasteiger partial charge is 0.465 e. The van der Waals surface area contributed by atoms with Crippen LogP contribution in [0.2, 0.25) is 0 Å². The van der Waals surface area contributed by atoms with Gasteiger partial charge in [-0.15, -0.1) is 11.3 Å². The Hall–Kier alpha value is -2.25. The number of benzene rings is 1. The highest BCUT2D eigenvalue weighted by Gasteiger charge is 2.19. The molecule has 0 spiro atoms. The lowest BCUT2D eigenvalue weighted by Gasteiger charge is -2.25. The molecular formula is C20H20N2O3S2. The van der Waals surface area contributed by atoms with Gasteiger partial charge in [0.1, 0.15) is 4.83 Å². The molecule has 140 valence electrons. The van der Waals surface area contributed by atoms with Gasteiger partial charge in [0.05, 0.1) is 22.3 Å². The number of carbonyl (C=O) groups excluding carboxylic acids is 2. The van der Waals surface area contributed by atoms with Crippen LogP contribution in [-0.2, 0) is 11.2 Å². The number of rotatable bonds is 5. The van der Waals surface area contributed by atoms with Gasteiger partial charge in [0.25, 0.3) is 0 Å². The van der Waals surface area contributed by atoms with Crippen molar-refractivity contribution in [1.82, 2.24) is 4.98 Å². The van der Waals surface area contributed by atoms with Crippen molar-refractivity contribution in [3.63, 3.8) is 0 Å². The molecule has 0 unspecified atom stereocenters. The number of carbonyl (C=O) groups is 2. The molecule has 1 aliphatic rings. The van der Waals surface area contributed by atoms with Gasteiger partial charge in [0.2, 0.25) is 0 Å². The monoisotopic (exact) mass is 400 g/mol. The van der Waals surface area contributed by atoms with E-state index in [1.54, 1.807) is 35.6 Å². The maximum Gasteiger partial charge on any atom is 0.337 e. The minimum atomic E-state index is -0.373. The van der Waals surface area contributed by atoms with Crippen LogP contribution in [0.4, 0.5) is 5.13 Å². The summed E-state index contributed by atoms with van der Waals surface area (Å²) in [7, 11) is 1.35. The van der Waals surface area contributed by atoms with E-state index in [-0.39, 0.29) is 11.8 Å². The molecule has 0 radical (unpaired) electrons. The Balaban J connectivity index is 1.46. The molecule has 2 aromatic heterocycles. The summed E-state index contributed by atoms with van der Waals surface area (Å²) < 4.78 is 5.78. The fraction of sp³-hybridized carbons (Fsp3) is 0.350. The molecule has 1 fully saturated rings. The first-order valence-corrected chi connectivity index (χ1v) is 10.6. The fourth-order valence-corrected chi connectivity index (χ4v) is 5.43. The molecule has 27 heavy (non-hydrogen) atoms. The van der Waals surface area contributed by atoms with Gasteiger partial charge in [-0.1, -0.05) is 23.5 Å². The van der Waals surface area contributed by atoms with Gasteiger partial charge in [0, 0.05) is 19.5 Å². The molecule has 7 heteroatoms. The van der Waals surface area contributed by atoms with Crippen LogP contribution < -0.4 is 4.90 Å². The molecule has 0 atom stereocenters. The number of methoxy groups -OCH3 is 1. The lowest BCUT2D eigenvalue weighted by molar-refractivity contribution is 0.0600. The highest BCUT2D eigenvalue weighted by Crippen LogP contribution is 2.36. The number of piperidine rings is 1. The molecule has 1 aliphatic heterocycles. The maximum atomic E-state index is 12.6. The van der Waals surface area contributed by atoms with Crippen LogP contribution in [-0.4, -0.2) is 36.9 Å². The minimum absolute atomic E-state index is 0.0792. The Kier molecular flexibility index (Phi) is 5.22. The van der Waals surface area contributed by atoms with Crippen LogP contribution in [0.3, 0.4) is 0 Å². The second-order valence-corrected chi connectivity index (χ2v) is 8.65. The standard InChI is InChI=1S/C20H20N2O3S2/c1-25-19(24)14-7-5-13(6-8-14)11-15(23)16-12-17-18(26-16)21-20(27-17)22-9-3-2-4-10-22/h5-8,12H,2-4,9-11H2,1H3. The van der Waals surface area contributed by atoms with E-state index in [9.17, 15) is 9.59 Å². The Morgan fingerprint density at radius 1 is 1.11 bits per heavy atom. The van der Waals surface area contributed by atoms with E-state index < -0.39 is 0 Å². The molecule has 5 nitrogen and oxygen atoms in total. The van der Waals surface area contributed by atoms with Crippen LogP contribution in [0.15, 0.2) is 30.3 Å². The predicted molar refractivity (Wildman–Crippen MR) is 109 cm³/mol. The number of thiophene rings is 1. The summed E-state index contributed by atoms with van der Waals surface area (Å²) in [5.41, 5.74) is 1.37. The van der Waals surface area contributed by atoms with E-state index >= 15 is 0 Å². The minimum Gasteiger partial charge on any atom is -0.465 e. The number of hydrogen-bond acceptors (Lipinski definition) is 7. The number of fused-ring (bicyclic) bond motifs is 1. The Morgan fingerprint density at radius 3 is 2.52 bits per heavy atom. The zero-order valence-electron chi connectivity index (χ0n) is 15.1. The van der Waals surface area contributed by atoms with Crippen molar-refractivity contribution in [3.8, 4) is 0 Å². The molecule has 0 bridgehead atoms. The number of anilines is 1. The van der Waals surface area contributed by atoms with Gasteiger partial charge in [-0.25, -0.2) is 9.78 Å². The van der Waals surface area contributed by atoms with Crippen LogP contribution in [0.25, 0.3) is 9.53 Å². The van der Waals surface area contributed by atoms with E-state index in [4.69, 9.17) is 9.72 Å². The van der Waals surface area contributed by atoms with Gasteiger partial charge in [-0.2, -0.15) is 0 Å². The molecular weight excluding hydrogens is 380 g/mol. The molecule has 3 aromatic rings. The highest BCUT2D eigenvalue weighted by molar-refractivity contribution is 7.29. The number of hydrogen-bond donors (Lipinski definition) is 0. The van der Waals surface area contributed by atoms with Crippen LogP contribution in [0.1, 0.15) is 44.9 Å². The Morgan fingerprint density at radius 2 is 1.85 bits per heavy atom. The van der Waals surface area contributed by atoms with Crippen LogP contribution in [0.5, 0.6) is 0 Å². The van der Waals surface area contributed by atoms with E-state index in [1.807, 2.05) is 6.07 Å². The average Bonchev–Trinajstić information content (AvgIpc) is 3.28. The number of esters is 1. The SMILES string of the molecule is COC(=O)c1ccc(CC(=O)c2cc3sc(N4CCCCC4)nc3s2)cc1. The number of thiazole rings is 1. The Bertz CT molecular complexity index is 937. The topological polar surface area (TPSA) is 59.5 Å². The zero-order valence-corrected chi connectivity index (χ0v) is 16.7. The van der Waals surface area contributed by atoms with Crippen molar-refractivity contribution in [2.24, 2.45) is 0 Å². The number of aromatic nitrogens is 1. The summed E-state index contributed by atoms with van der Waals surface area (Å²) in [6.07, 6.45) is 4.07. The molecule has 0 saturated carbocycles. The quantitative estimate of drug-likeness (QED) is 0.464. The first-order chi connectivity index (χ1) is 13.1. The molecule has 1 saturated heterocycles. The van der Waals surface area contributed by atoms with E-state index in [0.29, 0.717) is 12.0 Å². The maximum absolute atomic E-state index is 12.6. The first kappa shape index (κ1) is 18.1. The van der Waals surface area contributed by atoms with Gasteiger partial charge in [0.15, 0.2) is 10.9 Å². The third-order valence-electron chi connectivity index (χ3n) is 4.72. The summed E-state index contributed by atoms with van der Waals surface area (Å²) in [6, 6.07) is 8.94. The summed E-state index contributed by atoms with van der Waals surface area (Å²) in [5.74, 6) is -0.294. The van der Waals surface area contributed by atoms with Crippen molar-refractivity contribution in [1.29, 1.82) is 0 Å². The molecule has 3 heterocycles. The summed E-state index contributed by atoms with van der Waals surface area (Å²) in [4.78, 5) is 32.9. The number of ether oxygens (including phenoxy) is 1. The third-order valence-corrected chi connectivity index (χ3v) is 6.98. The van der Waals surface area contributed by atoms with E-state index in [0.717, 1.165) is 38.2 Å². The second kappa shape index (κ2) is 7.78. The first-order valence-electron chi connectivity index (χ1n) is 9.00. The number of nitrogens with zero attached hydrogens (tertiary/aromatic N) is 2. The molecule has 0 amide bonds. The molecule has 0 aliphatic carbocycles. The van der Waals surface area contributed by atoms with Gasteiger partial charge in [-0.3, -0.25) is 4.79 Å². The smallest absolute Gasteiger partial charge is 0.337 e. The van der Waals surface area contributed by atoms with E-state index in [2.05, 4.69) is 4.90 Å². The van der Waals surface area contributed by atoms with Crippen molar-refractivity contribution >= 4 is 49.1 Å². The lowest BCUT2D eigenvalue weighted by Crippen LogP contribution is -2.29. The fourth-order valence-electron chi connectivity index (χ4n) is 3.23. The molecule has 0 N–H and O–H groups in total. The van der Waals surface area contributed by atoms with E-state index in [1.165, 1.54) is 37.7 Å². The molecule has 4 rings (SSSR count). The van der Waals surface area contributed by atoms with Gasteiger partial charge >= 0.3 is 5.97 Å². The zero-order chi connectivity index (χ0) is 18.8. The van der Waals surface area contributed by atoms with Crippen LogP contribution in [0, 0.1) is 0 Å². The normalized spacial score (nSPS) is 14.5. The summed E-state index contributed by atoms with van der Waals surface area (Å²) in [5, 5.41) is 1.08. The van der Waals surface area contributed by atoms with Crippen molar-refractivity contribution < 1.29 is 14.3 Å². The summed E-state index contributed by atoms with van der Waals surface area (Å²) in [6.45, 7) is 2.16.